The molecule has 1 aliphatic rings. The SMILES string of the molecule is CN=C(NCc1ccccc1S(=O)(=O)N1CCN(C)CC1)NCC(C)c1cccs1.I. The Kier molecular flexibility index (Phi) is 10.2. The Morgan fingerprint density at radius 2 is 1.84 bits per heavy atom. The fourth-order valence-electron chi connectivity index (χ4n) is 3.39. The molecule has 0 aliphatic carbocycles. The normalized spacial score (nSPS) is 17.1. The van der Waals surface area contributed by atoms with Crippen LogP contribution < -0.4 is 10.6 Å². The minimum Gasteiger partial charge on any atom is -0.356 e. The summed E-state index contributed by atoms with van der Waals surface area (Å²) in [6.07, 6.45) is 0. The Labute approximate surface area is 207 Å². The Balaban J connectivity index is 0.00000341. The summed E-state index contributed by atoms with van der Waals surface area (Å²) in [6.45, 7) is 5.84. The molecule has 1 aromatic heterocycles. The van der Waals surface area contributed by atoms with Gasteiger partial charge in [-0.3, -0.25) is 4.99 Å². The summed E-state index contributed by atoms with van der Waals surface area (Å²) in [5.41, 5.74) is 0.741. The van der Waals surface area contributed by atoms with Crippen molar-refractivity contribution in [2.24, 2.45) is 4.99 Å². The lowest BCUT2D eigenvalue weighted by Crippen LogP contribution is -2.47. The van der Waals surface area contributed by atoms with Crippen LogP contribution in [0.25, 0.3) is 0 Å². The van der Waals surface area contributed by atoms with E-state index in [9.17, 15) is 8.42 Å². The molecule has 0 spiro atoms. The van der Waals surface area contributed by atoms with Crippen molar-refractivity contribution in [3.05, 3.63) is 52.2 Å². The Bertz CT molecular complexity index is 942. The van der Waals surface area contributed by atoms with E-state index in [1.165, 1.54) is 4.88 Å². The molecule has 0 amide bonds. The Hall–Kier alpha value is -1.21. The number of sulfonamides is 1. The van der Waals surface area contributed by atoms with Crippen LogP contribution in [-0.2, 0) is 16.6 Å². The lowest BCUT2D eigenvalue weighted by molar-refractivity contribution is 0.222. The second-order valence-corrected chi connectivity index (χ2v) is 10.4. The monoisotopic (exact) mass is 577 g/mol. The topological polar surface area (TPSA) is 77.0 Å². The van der Waals surface area contributed by atoms with E-state index in [-0.39, 0.29) is 24.0 Å². The van der Waals surface area contributed by atoms with Crippen molar-refractivity contribution < 1.29 is 8.42 Å². The van der Waals surface area contributed by atoms with E-state index in [0.29, 0.717) is 36.4 Å². The van der Waals surface area contributed by atoms with E-state index < -0.39 is 10.0 Å². The molecule has 1 fully saturated rings. The quantitative estimate of drug-likeness (QED) is 0.301. The van der Waals surface area contributed by atoms with E-state index in [2.05, 4.69) is 45.0 Å². The van der Waals surface area contributed by atoms with Gasteiger partial charge in [-0.15, -0.1) is 35.3 Å². The molecule has 31 heavy (non-hydrogen) atoms. The number of thiophene rings is 1. The van der Waals surface area contributed by atoms with Crippen LogP contribution >= 0.6 is 35.3 Å². The first-order chi connectivity index (χ1) is 14.4. The minimum atomic E-state index is -3.52. The van der Waals surface area contributed by atoms with Crippen molar-refractivity contribution in [2.45, 2.75) is 24.3 Å². The molecule has 1 aromatic carbocycles. The molecule has 2 aromatic rings. The summed E-state index contributed by atoms with van der Waals surface area (Å²) in [5, 5.41) is 8.67. The van der Waals surface area contributed by atoms with Crippen LogP contribution in [-0.4, -0.2) is 70.4 Å². The number of hydrogen-bond donors (Lipinski definition) is 2. The molecule has 3 rings (SSSR count). The number of halogens is 1. The molecule has 172 valence electrons. The number of rotatable bonds is 7. The zero-order chi connectivity index (χ0) is 21.6. The van der Waals surface area contributed by atoms with Crippen molar-refractivity contribution in [3.8, 4) is 0 Å². The highest BCUT2D eigenvalue weighted by molar-refractivity contribution is 14.0. The van der Waals surface area contributed by atoms with E-state index in [4.69, 9.17) is 0 Å². The summed E-state index contributed by atoms with van der Waals surface area (Å²) in [4.78, 5) is 8.11. The summed E-state index contributed by atoms with van der Waals surface area (Å²) < 4.78 is 28.0. The van der Waals surface area contributed by atoms with Gasteiger partial charge in [-0.1, -0.05) is 31.2 Å². The third-order valence-corrected chi connectivity index (χ3v) is 8.43. The van der Waals surface area contributed by atoms with Crippen LogP contribution in [0.5, 0.6) is 0 Å². The fourth-order valence-corrected chi connectivity index (χ4v) is 5.82. The number of aliphatic imine (C=N–C) groups is 1. The van der Waals surface area contributed by atoms with Gasteiger partial charge in [0, 0.05) is 57.1 Å². The number of guanidine groups is 1. The van der Waals surface area contributed by atoms with E-state index >= 15 is 0 Å². The third-order valence-electron chi connectivity index (χ3n) is 5.33. The van der Waals surface area contributed by atoms with Gasteiger partial charge in [-0.25, -0.2) is 8.42 Å². The smallest absolute Gasteiger partial charge is 0.243 e. The zero-order valence-corrected chi connectivity index (χ0v) is 22.2. The first-order valence-corrected chi connectivity index (χ1v) is 12.5. The molecule has 1 atom stereocenters. The van der Waals surface area contributed by atoms with Crippen molar-refractivity contribution in [1.29, 1.82) is 0 Å². The van der Waals surface area contributed by atoms with Gasteiger partial charge in [-0.05, 0) is 30.1 Å². The molecule has 0 radical (unpaired) electrons. The molecule has 10 heteroatoms. The summed E-state index contributed by atoms with van der Waals surface area (Å²) in [7, 11) is 0.216. The van der Waals surface area contributed by atoms with Gasteiger partial charge in [0.25, 0.3) is 0 Å². The van der Waals surface area contributed by atoms with Gasteiger partial charge in [0.1, 0.15) is 0 Å². The lowest BCUT2D eigenvalue weighted by atomic mass is 10.1. The van der Waals surface area contributed by atoms with Crippen LogP contribution in [0.4, 0.5) is 0 Å². The largest absolute Gasteiger partial charge is 0.356 e. The van der Waals surface area contributed by atoms with Crippen molar-refractivity contribution in [3.63, 3.8) is 0 Å². The number of piperazine rings is 1. The molecule has 1 saturated heterocycles. The predicted molar refractivity (Wildman–Crippen MR) is 139 cm³/mol. The molecule has 2 heterocycles. The Morgan fingerprint density at radius 1 is 1.13 bits per heavy atom. The van der Waals surface area contributed by atoms with Crippen molar-refractivity contribution in [1.82, 2.24) is 19.8 Å². The first-order valence-electron chi connectivity index (χ1n) is 10.2. The standard InChI is InChI=1S/C21H31N5O2S2.HI/c1-17(19-8-6-14-29-19)15-23-21(22-2)24-16-18-7-4-5-9-20(18)30(27,28)26-12-10-25(3)11-13-26;/h4-9,14,17H,10-13,15-16H2,1-3H3,(H2,22,23,24);1H. The number of nitrogens with zero attached hydrogens (tertiary/aromatic N) is 3. The zero-order valence-electron chi connectivity index (χ0n) is 18.2. The average molecular weight is 578 g/mol. The molecule has 1 unspecified atom stereocenters. The van der Waals surface area contributed by atoms with E-state index in [1.54, 1.807) is 34.8 Å². The highest BCUT2D eigenvalue weighted by Crippen LogP contribution is 2.22. The number of benzene rings is 1. The molecule has 0 bridgehead atoms. The molecular weight excluding hydrogens is 545 g/mol. The molecule has 0 saturated carbocycles. The van der Waals surface area contributed by atoms with Gasteiger partial charge in [-0.2, -0.15) is 4.31 Å². The number of hydrogen-bond acceptors (Lipinski definition) is 5. The maximum Gasteiger partial charge on any atom is 0.243 e. The van der Waals surface area contributed by atoms with Crippen molar-refractivity contribution in [2.75, 3.05) is 46.8 Å². The van der Waals surface area contributed by atoms with Gasteiger partial charge in [0.05, 0.1) is 4.90 Å². The second kappa shape index (κ2) is 12.1. The maximum atomic E-state index is 13.2. The van der Waals surface area contributed by atoms with Gasteiger partial charge in [0.2, 0.25) is 10.0 Å². The lowest BCUT2D eigenvalue weighted by Gasteiger charge is -2.32. The van der Waals surface area contributed by atoms with E-state index in [0.717, 1.165) is 25.2 Å². The molecular formula is C21H32IN5O2S2. The van der Waals surface area contributed by atoms with Gasteiger partial charge >= 0.3 is 0 Å². The highest BCUT2D eigenvalue weighted by Gasteiger charge is 2.29. The number of nitrogens with one attached hydrogen (secondary N) is 2. The first kappa shape index (κ1) is 26.0. The Morgan fingerprint density at radius 3 is 2.48 bits per heavy atom. The third kappa shape index (κ3) is 6.88. The van der Waals surface area contributed by atoms with Crippen LogP contribution in [0.3, 0.4) is 0 Å². The predicted octanol–water partition coefficient (Wildman–Crippen LogP) is 2.77. The average Bonchev–Trinajstić information content (AvgIpc) is 3.29. The van der Waals surface area contributed by atoms with Gasteiger partial charge < -0.3 is 15.5 Å². The van der Waals surface area contributed by atoms with E-state index in [1.807, 2.05) is 19.2 Å². The second-order valence-electron chi connectivity index (χ2n) is 7.54. The summed E-state index contributed by atoms with van der Waals surface area (Å²) in [6, 6.07) is 11.4. The van der Waals surface area contributed by atoms with Crippen molar-refractivity contribution >= 4 is 51.3 Å². The van der Waals surface area contributed by atoms with Crippen LogP contribution in [0, 0.1) is 0 Å². The molecule has 2 N–H and O–H groups in total. The maximum absolute atomic E-state index is 13.2. The molecule has 1 aliphatic heterocycles. The summed E-state index contributed by atoms with van der Waals surface area (Å²) in [5.74, 6) is 1.03. The van der Waals surface area contributed by atoms with Crippen LogP contribution in [0.1, 0.15) is 23.3 Å². The molecule has 7 nitrogen and oxygen atoms in total. The fraction of sp³-hybridized carbons (Fsp3) is 0.476. The van der Waals surface area contributed by atoms with Crippen LogP contribution in [0.2, 0.25) is 0 Å². The number of likely N-dealkylation sites (N-methyl/N-ethyl adjacent to an activating group) is 1. The van der Waals surface area contributed by atoms with Crippen LogP contribution in [0.15, 0.2) is 51.7 Å². The highest BCUT2D eigenvalue weighted by atomic mass is 127. The summed E-state index contributed by atoms with van der Waals surface area (Å²) >= 11 is 1.74. The minimum absolute atomic E-state index is 0. The van der Waals surface area contributed by atoms with Gasteiger partial charge in [0.15, 0.2) is 5.96 Å².